The Bertz CT molecular complexity index is 341. The van der Waals surface area contributed by atoms with E-state index in [4.69, 9.17) is 5.73 Å². The van der Waals surface area contributed by atoms with Gasteiger partial charge in [-0.1, -0.05) is 0 Å². The van der Waals surface area contributed by atoms with Crippen LogP contribution in [0.4, 0.5) is 0 Å². The zero-order valence-corrected chi connectivity index (χ0v) is 9.72. The third-order valence-corrected chi connectivity index (χ3v) is 4.66. The van der Waals surface area contributed by atoms with Gasteiger partial charge in [0, 0.05) is 23.0 Å². The third kappa shape index (κ3) is 1.84. The molecule has 0 bridgehead atoms. The Hall–Kier alpha value is -0.380. The maximum atomic E-state index is 5.81. The Kier molecular flexibility index (Phi) is 2.54. The maximum absolute atomic E-state index is 5.81. The van der Waals surface area contributed by atoms with Crippen molar-refractivity contribution < 1.29 is 0 Å². The van der Waals surface area contributed by atoms with Crippen LogP contribution in [0.15, 0.2) is 11.4 Å². The van der Waals surface area contributed by atoms with Crippen LogP contribution in [0.1, 0.15) is 42.2 Å². The van der Waals surface area contributed by atoms with Gasteiger partial charge < -0.3 is 11.1 Å². The Balaban J connectivity index is 1.68. The van der Waals surface area contributed by atoms with Gasteiger partial charge in [-0.2, -0.15) is 0 Å². The van der Waals surface area contributed by atoms with Crippen molar-refractivity contribution in [2.24, 2.45) is 5.73 Å². The molecular formula is C12H18N2S. The lowest BCUT2D eigenvalue weighted by Crippen LogP contribution is -2.49. The highest BCUT2D eigenvalue weighted by molar-refractivity contribution is 7.10. The monoisotopic (exact) mass is 222 g/mol. The van der Waals surface area contributed by atoms with E-state index in [2.05, 4.69) is 16.8 Å². The van der Waals surface area contributed by atoms with Gasteiger partial charge in [0.1, 0.15) is 0 Å². The Morgan fingerprint density at radius 3 is 3.07 bits per heavy atom. The van der Waals surface area contributed by atoms with Crippen molar-refractivity contribution >= 4 is 11.3 Å². The average Bonchev–Trinajstić information content (AvgIpc) is 2.64. The molecule has 2 aliphatic carbocycles. The maximum Gasteiger partial charge on any atom is 0.0333 e. The SMILES string of the molecule is NC1CC(NC2CCCc3sccc32)C1. The summed E-state index contributed by atoms with van der Waals surface area (Å²) in [6.45, 7) is 0. The van der Waals surface area contributed by atoms with E-state index in [0.29, 0.717) is 18.1 Å². The predicted octanol–water partition coefficient (Wildman–Crippen LogP) is 2.20. The van der Waals surface area contributed by atoms with Gasteiger partial charge in [0.15, 0.2) is 0 Å². The molecule has 1 atom stereocenters. The standard InChI is InChI=1S/C12H18N2S/c13-8-6-9(7-8)14-11-2-1-3-12-10(11)4-5-15-12/h4-5,8-9,11,14H,1-3,6-7,13H2. The van der Waals surface area contributed by atoms with Crippen LogP contribution < -0.4 is 11.1 Å². The fraction of sp³-hybridized carbons (Fsp3) is 0.667. The highest BCUT2D eigenvalue weighted by atomic mass is 32.1. The van der Waals surface area contributed by atoms with E-state index in [-0.39, 0.29) is 0 Å². The first-order valence-electron chi connectivity index (χ1n) is 5.91. The largest absolute Gasteiger partial charge is 0.328 e. The summed E-state index contributed by atoms with van der Waals surface area (Å²) in [5.41, 5.74) is 7.37. The number of aryl methyl sites for hydroxylation is 1. The molecule has 1 saturated carbocycles. The molecule has 2 nitrogen and oxygen atoms in total. The minimum Gasteiger partial charge on any atom is -0.328 e. The van der Waals surface area contributed by atoms with Crippen LogP contribution in [0.25, 0.3) is 0 Å². The molecule has 82 valence electrons. The Labute approximate surface area is 94.9 Å². The molecule has 15 heavy (non-hydrogen) atoms. The van der Waals surface area contributed by atoms with Crippen LogP contribution in [0.3, 0.4) is 0 Å². The second kappa shape index (κ2) is 3.89. The summed E-state index contributed by atoms with van der Waals surface area (Å²) < 4.78 is 0. The molecule has 0 aliphatic heterocycles. The lowest BCUT2D eigenvalue weighted by Gasteiger charge is -2.37. The van der Waals surface area contributed by atoms with Gasteiger partial charge in [0.25, 0.3) is 0 Å². The van der Waals surface area contributed by atoms with E-state index in [1.54, 1.807) is 10.4 Å². The topological polar surface area (TPSA) is 38.0 Å². The molecule has 0 aromatic carbocycles. The lowest BCUT2D eigenvalue weighted by molar-refractivity contribution is 0.257. The van der Waals surface area contributed by atoms with Gasteiger partial charge in [-0.3, -0.25) is 0 Å². The van der Waals surface area contributed by atoms with Crippen molar-refractivity contribution in [2.75, 3.05) is 0 Å². The number of hydrogen-bond donors (Lipinski definition) is 2. The van der Waals surface area contributed by atoms with Crippen LogP contribution in [0.5, 0.6) is 0 Å². The first kappa shape index (κ1) is 9.82. The summed E-state index contributed by atoms with van der Waals surface area (Å²) in [6.07, 6.45) is 6.25. The van der Waals surface area contributed by atoms with Crippen LogP contribution in [0, 0.1) is 0 Å². The smallest absolute Gasteiger partial charge is 0.0333 e. The number of nitrogens with two attached hydrogens (primary N) is 1. The minimum absolute atomic E-state index is 0.452. The zero-order chi connectivity index (χ0) is 10.3. The Morgan fingerprint density at radius 1 is 1.40 bits per heavy atom. The molecule has 1 aromatic rings. The average molecular weight is 222 g/mol. The summed E-state index contributed by atoms with van der Waals surface area (Å²) in [5, 5.41) is 5.99. The predicted molar refractivity (Wildman–Crippen MR) is 64.1 cm³/mol. The van der Waals surface area contributed by atoms with Crippen molar-refractivity contribution in [1.82, 2.24) is 5.32 Å². The van der Waals surface area contributed by atoms with Gasteiger partial charge >= 0.3 is 0 Å². The lowest BCUT2D eigenvalue weighted by atomic mass is 9.85. The van der Waals surface area contributed by atoms with Crippen molar-refractivity contribution in [3.05, 3.63) is 21.9 Å². The molecule has 3 N–H and O–H groups in total. The molecule has 1 unspecified atom stereocenters. The van der Waals surface area contributed by atoms with Crippen molar-refractivity contribution in [3.63, 3.8) is 0 Å². The van der Waals surface area contributed by atoms with Crippen LogP contribution in [-0.2, 0) is 6.42 Å². The molecule has 3 rings (SSSR count). The second-order valence-electron chi connectivity index (χ2n) is 4.84. The van der Waals surface area contributed by atoms with E-state index < -0.39 is 0 Å². The summed E-state index contributed by atoms with van der Waals surface area (Å²) >= 11 is 1.92. The van der Waals surface area contributed by atoms with E-state index in [0.717, 1.165) is 12.8 Å². The molecular weight excluding hydrogens is 204 g/mol. The highest BCUT2D eigenvalue weighted by Gasteiger charge is 2.30. The molecule has 0 spiro atoms. The molecule has 0 radical (unpaired) electrons. The first-order valence-corrected chi connectivity index (χ1v) is 6.79. The van der Waals surface area contributed by atoms with Gasteiger partial charge in [0.05, 0.1) is 0 Å². The molecule has 0 amide bonds. The third-order valence-electron chi connectivity index (χ3n) is 3.66. The summed E-state index contributed by atoms with van der Waals surface area (Å²) in [4.78, 5) is 1.60. The zero-order valence-electron chi connectivity index (χ0n) is 8.91. The number of hydrogen-bond acceptors (Lipinski definition) is 3. The summed E-state index contributed by atoms with van der Waals surface area (Å²) in [7, 11) is 0. The minimum atomic E-state index is 0.452. The number of rotatable bonds is 2. The van der Waals surface area contributed by atoms with Crippen molar-refractivity contribution in [3.8, 4) is 0 Å². The number of nitrogens with one attached hydrogen (secondary N) is 1. The van der Waals surface area contributed by atoms with E-state index in [1.165, 1.54) is 19.3 Å². The summed E-state index contributed by atoms with van der Waals surface area (Å²) in [5.74, 6) is 0. The van der Waals surface area contributed by atoms with Gasteiger partial charge in [-0.05, 0) is 49.1 Å². The van der Waals surface area contributed by atoms with Gasteiger partial charge in [0.2, 0.25) is 0 Å². The van der Waals surface area contributed by atoms with Crippen molar-refractivity contribution in [1.29, 1.82) is 0 Å². The molecule has 3 heteroatoms. The molecule has 0 saturated heterocycles. The Morgan fingerprint density at radius 2 is 2.27 bits per heavy atom. The fourth-order valence-electron chi connectivity index (χ4n) is 2.74. The summed E-state index contributed by atoms with van der Waals surface area (Å²) in [6, 6.07) is 4.04. The molecule has 1 aromatic heterocycles. The number of fused-ring (bicyclic) bond motifs is 1. The quantitative estimate of drug-likeness (QED) is 0.805. The van der Waals surface area contributed by atoms with E-state index >= 15 is 0 Å². The highest BCUT2D eigenvalue weighted by Crippen LogP contribution is 2.34. The number of thiophene rings is 1. The van der Waals surface area contributed by atoms with Crippen LogP contribution >= 0.6 is 11.3 Å². The van der Waals surface area contributed by atoms with Gasteiger partial charge in [-0.25, -0.2) is 0 Å². The van der Waals surface area contributed by atoms with Crippen LogP contribution in [0.2, 0.25) is 0 Å². The normalized spacial score (nSPS) is 34.6. The first-order chi connectivity index (χ1) is 7.33. The van der Waals surface area contributed by atoms with Crippen LogP contribution in [-0.4, -0.2) is 12.1 Å². The molecule has 1 fully saturated rings. The van der Waals surface area contributed by atoms with E-state index in [9.17, 15) is 0 Å². The molecule has 1 heterocycles. The van der Waals surface area contributed by atoms with Gasteiger partial charge in [-0.15, -0.1) is 11.3 Å². The fourth-order valence-corrected chi connectivity index (χ4v) is 3.73. The second-order valence-corrected chi connectivity index (χ2v) is 5.84. The van der Waals surface area contributed by atoms with E-state index in [1.807, 2.05) is 11.3 Å². The molecule has 2 aliphatic rings. The van der Waals surface area contributed by atoms with Crippen molar-refractivity contribution in [2.45, 2.75) is 50.2 Å².